The second kappa shape index (κ2) is 5.26. The molecule has 1 rings (SSSR count). The quantitative estimate of drug-likeness (QED) is 0.833. The molecule has 4 heteroatoms. The predicted octanol–water partition coefficient (Wildman–Crippen LogP) is 1.64. The molecule has 16 heavy (non-hydrogen) atoms. The van der Waals surface area contributed by atoms with Crippen LogP contribution in [0, 0.1) is 16.7 Å². The first kappa shape index (κ1) is 12.2. The molecular formula is C12H15N3O. The Morgan fingerprint density at radius 2 is 2.44 bits per heavy atom. The van der Waals surface area contributed by atoms with Gasteiger partial charge in [0.2, 0.25) is 5.91 Å². The highest BCUT2D eigenvalue weighted by molar-refractivity contribution is 5.84. The highest BCUT2D eigenvalue weighted by Gasteiger charge is 2.30. The zero-order valence-electron chi connectivity index (χ0n) is 9.53. The molecule has 1 atom stereocenters. The average molecular weight is 217 g/mol. The molecule has 1 N–H and O–H groups in total. The van der Waals surface area contributed by atoms with Crippen molar-refractivity contribution in [1.29, 1.82) is 5.26 Å². The van der Waals surface area contributed by atoms with Crippen LogP contribution in [0.5, 0.6) is 0 Å². The molecule has 1 aromatic heterocycles. The second-order valence-corrected chi connectivity index (χ2v) is 3.84. The molecule has 0 spiro atoms. The van der Waals surface area contributed by atoms with Crippen molar-refractivity contribution in [2.75, 3.05) is 0 Å². The standard InChI is InChI=1S/C12H15N3O/c1-3-12(2,9-13)11(16)15-8-10-5-4-6-14-7-10/h4-7H,3,8H2,1-2H3,(H,15,16). The van der Waals surface area contributed by atoms with E-state index in [-0.39, 0.29) is 5.91 Å². The van der Waals surface area contributed by atoms with Crippen molar-refractivity contribution in [2.24, 2.45) is 5.41 Å². The first-order valence-corrected chi connectivity index (χ1v) is 5.21. The summed E-state index contributed by atoms with van der Waals surface area (Å²) < 4.78 is 0. The Labute approximate surface area is 95.3 Å². The predicted molar refractivity (Wildman–Crippen MR) is 60.1 cm³/mol. The van der Waals surface area contributed by atoms with E-state index in [2.05, 4.69) is 10.3 Å². The summed E-state index contributed by atoms with van der Waals surface area (Å²) in [7, 11) is 0. The van der Waals surface area contributed by atoms with Gasteiger partial charge in [0.05, 0.1) is 6.07 Å². The Bertz CT molecular complexity index is 396. The molecule has 0 saturated heterocycles. The summed E-state index contributed by atoms with van der Waals surface area (Å²) in [6.45, 7) is 3.88. The minimum absolute atomic E-state index is 0.235. The number of carbonyl (C=O) groups excluding carboxylic acids is 1. The molecule has 1 heterocycles. The lowest BCUT2D eigenvalue weighted by molar-refractivity contribution is -0.127. The van der Waals surface area contributed by atoms with Gasteiger partial charge in [-0.25, -0.2) is 0 Å². The van der Waals surface area contributed by atoms with Crippen molar-refractivity contribution < 1.29 is 4.79 Å². The minimum Gasteiger partial charge on any atom is -0.351 e. The van der Waals surface area contributed by atoms with Gasteiger partial charge < -0.3 is 5.32 Å². The number of pyridine rings is 1. The summed E-state index contributed by atoms with van der Waals surface area (Å²) in [6.07, 6.45) is 3.87. The number of nitrogens with one attached hydrogen (secondary N) is 1. The van der Waals surface area contributed by atoms with E-state index < -0.39 is 5.41 Å². The van der Waals surface area contributed by atoms with E-state index in [1.54, 1.807) is 19.3 Å². The van der Waals surface area contributed by atoms with Crippen LogP contribution in [-0.4, -0.2) is 10.9 Å². The highest BCUT2D eigenvalue weighted by atomic mass is 16.2. The zero-order valence-corrected chi connectivity index (χ0v) is 9.53. The number of carbonyl (C=O) groups is 1. The molecule has 0 fully saturated rings. The SMILES string of the molecule is CCC(C)(C#N)C(=O)NCc1cccnc1. The monoisotopic (exact) mass is 217 g/mol. The van der Waals surface area contributed by atoms with Gasteiger partial charge in [0.1, 0.15) is 5.41 Å². The molecule has 0 aliphatic carbocycles. The largest absolute Gasteiger partial charge is 0.351 e. The van der Waals surface area contributed by atoms with E-state index in [4.69, 9.17) is 5.26 Å². The van der Waals surface area contributed by atoms with Gasteiger partial charge in [-0.15, -0.1) is 0 Å². The van der Waals surface area contributed by atoms with Crippen LogP contribution < -0.4 is 5.32 Å². The molecular weight excluding hydrogens is 202 g/mol. The van der Waals surface area contributed by atoms with Crippen LogP contribution in [0.4, 0.5) is 0 Å². The molecule has 4 nitrogen and oxygen atoms in total. The average Bonchev–Trinajstić information content (AvgIpc) is 2.36. The summed E-state index contributed by atoms with van der Waals surface area (Å²) >= 11 is 0. The fourth-order valence-electron chi connectivity index (χ4n) is 1.17. The normalized spacial score (nSPS) is 13.6. The maximum atomic E-state index is 11.7. The second-order valence-electron chi connectivity index (χ2n) is 3.84. The van der Waals surface area contributed by atoms with Crippen LogP contribution in [0.1, 0.15) is 25.8 Å². The molecule has 1 unspecified atom stereocenters. The maximum absolute atomic E-state index is 11.7. The third-order valence-electron chi connectivity index (χ3n) is 2.63. The van der Waals surface area contributed by atoms with Crippen LogP contribution in [0.15, 0.2) is 24.5 Å². The number of nitrogens with zero attached hydrogens (tertiary/aromatic N) is 2. The molecule has 0 aliphatic rings. The van der Waals surface area contributed by atoms with Gasteiger partial charge in [0.15, 0.2) is 0 Å². The molecule has 0 bridgehead atoms. The van der Waals surface area contributed by atoms with Crippen molar-refractivity contribution in [3.05, 3.63) is 30.1 Å². The zero-order chi connectivity index (χ0) is 12.0. The van der Waals surface area contributed by atoms with Crippen LogP contribution in [0.25, 0.3) is 0 Å². The van der Waals surface area contributed by atoms with E-state index >= 15 is 0 Å². The molecule has 0 aliphatic heterocycles. The number of nitriles is 1. The Hall–Kier alpha value is -1.89. The topological polar surface area (TPSA) is 65.8 Å². The fraction of sp³-hybridized carbons (Fsp3) is 0.417. The number of hydrogen-bond donors (Lipinski definition) is 1. The molecule has 0 aromatic carbocycles. The van der Waals surface area contributed by atoms with Crippen molar-refractivity contribution >= 4 is 5.91 Å². The third kappa shape index (κ3) is 2.80. The number of aromatic nitrogens is 1. The third-order valence-corrected chi connectivity index (χ3v) is 2.63. The maximum Gasteiger partial charge on any atom is 0.240 e. The first-order valence-electron chi connectivity index (χ1n) is 5.21. The van der Waals surface area contributed by atoms with Crippen LogP contribution in [0.3, 0.4) is 0 Å². The van der Waals surface area contributed by atoms with Gasteiger partial charge in [-0.1, -0.05) is 13.0 Å². The number of amides is 1. The van der Waals surface area contributed by atoms with Crippen LogP contribution in [0.2, 0.25) is 0 Å². The number of hydrogen-bond acceptors (Lipinski definition) is 3. The lowest BCUT2D eigenvalue weighted by Gasteiger charge is -2.18. The molecule has 0 saturated carbocycles. The van der Waals surface area contributed by atoms with Gasteiger partial charge in [-0.3, -0.25) is 9.78 Å². The van der Waals surface area contributed by atoms with Crippen LogP contribution in [-0.2, 0) is 11.3 Å². The smallest absolute Gasteiger partial charge is 0.240 e. The van der Waals surface area contributed by atoms with Crippen LogP contribution >= 0.6 is 0 Å². The summed E-state index contributed by atoms with van der Waals surface area (Å²) in [6, 6.07) is 5.72. The van der Waals surface area contributed by atoms with Gasteiger partial charge in [-0.2, -0.15) is 5.26 Å². The van der Waals surface area contributed by atoms with Gasteiger partial charge in [0, 0.05) is 18.9 Å². The summed E-state index contributed by atoms with van der Waals surface area (Å²) in [5.41, 5.74) is -0.0189. The fourth-order valence-corrected chi connectivity index (χ4v) is 1.17. The van der Waals surface area contributed by atoms with E-state index in [1.807, 2.05) is 25.1 Å². The molecule has 1 aromatic rings. The molecule has 0 radical (unpaired) electrons. The summed E-state index contributed by atoms with van der Waals surface area (Å²) in [5, 5.41) is 11.7. The Balaban J connectivity index is 2.57. The molecule has 1 amide bonds. The Kier molecular flexibility index (Phi) is 4.01. The van der Waals surface area contributed by atoms with Crippen molar-refractivity contribution in [2.45, 2.75) is 26.8 Å². The van der Waals surface area contributed by atoms with Crippen molar-refractivity contribution in [1.82, 2.24) is 10.3 Å². The minimum atomic E-state index is -0.942. The van der Waals surface area contributed by atoms with Crippen molar-refractivity contribution in [3.63, 3.8) is 0 Å². The summed E-state index contributed by atoms with van der Waals surface area (Å²) in [5.74, 6) is -0.235. The Morgan fingerprint density at radius 1 is 1.69 bits per heavy atom. The highest BCUT2D eigenvalue weighted by Crippen LogP contribution is 2.19. The Morgan fingerprint density at radius 3 is 2.94 bits per heavy atom. The molecule has 84 valence electrons. The van der Waals surface area contributed by atoms with E-state index in [0.29, 0.717) is 13.0 Å². The van der Waals surface area contributed by atoms with Gasteiger partial charge >= 0.3 is 0 Å². The first-order chi connectivity index (χ1) is 7.62. The van der Waals surface area contributed by atoms with E-state index in [9.17, 15) is 4.79 Å². The van der Waals surface area contributed by atoms with Gasteiger partial charge in [-0.05, 0) is 25.0 Å². The van der Waals surface area contributed by atoms with Crippen molar-refractivity contribution in [3.8, 4) is 6.07 Å². The number of rotatable bonds is 4. The lowest BCUT2D eigenvalue weighted by atomic mass is 9.88. The lowest BCUT2D eigenvalue weighted by Crippen LogP contribution is -2.37. The summed E-state index contributed by atoms with van der Waals surface area (Å²) in [4.78, 5) is 15.7. The van der Waals surface area contributed by atoms with E-state index in [1.165, 1.54) is 0 Å². The van der Waals surface area contributed by atoms with Gasteiger partial charge in [0.25, 0.3) is 0 Å². The van der Waals surface area contributed by atoms with E-state index in [0.717, 1.165) is 5.56 Å².